The first-order valence-corrected chi connectivity index (χ1v) is 44.1. The number of esters is 2. The van der Waals surface area contributed by atoms with Crippen LogP contribution in [0.5, 0.6) is 0 Å². The third-order valence-corrected chi connectivity index (χ3v) is 28.8. The van der Waals surface area contributed by atoms with Crippen molar-refractivity contribution in [1.29, 1.82) is 0 Å². The summed E-state index contributed by atoms with van der Waals surface area (Å²) in [7, 11) is 3.37. The smallest absolute Gasteiger partial charge is 0.857 e. The number of nitrogens with one attached hydrogen (secondary N) is 2. The van der Waals surface area contributed by atoms with E-state index >= 15 is 0 Å². The van der Waals surface area contributed by atoms with Gasteiger partial charge in [-0.05, 0) is 192 Å². The van der Waals surface area contributed by atoms with E-state index in [2.05, 4.69) is 10.6 Å². The zero-order valence-electron chi connectivity index (χ0n) is 72.4. The van der Waals surface area contributed by atoms with Crippen LogP contribution in [0, 0.1) is 135 Å². The van der Waals surface area contributed by atoms with Crippen LogP contribution in [-0.2, 0) is 93.9 Å². The Bertz CT molecular complexity index is 4990. The van der Waals surface area contributed by atoms with Gasteiger partial charge in [-0.2, -0.15) is 7.11 Å². The van der Waals surface area contributed by atoms with Crippen LogP contribution in [0.2, 0.25) is 0 Å². The summed E-state index contributed by atoms with van der Waals surface area (Å²) in [4.78, 5) is 61.4. The number of amides is 2. The number of carbonyl (C=O) groups is 5. The fourth-order valence-electron chi connectivity index (χ4n) is 23.2. The number of carboxylic acids is 1. The van der Waals surface area contributed by atoms with E-state index in [9.17, 15) is 73.0 Å². The first-order valence-electron chi connectivity index (χ1n) is 44.1. The molecule has 5 heterocycles. The number of halogens is 10. The largest absolute Gasteiger partial charge is 1.00 e. The Morgan fingerprint density at radius 2 is 0.573 bits per heavy atom. The molecule has 0 bridgehead atoms. The molecule has 7 aromatic carbocycles. The predicted octanol–water partition coefficient (Wildman–Crippen LogP) is 12.0. The summed E-state index contributed by atoms with van der Waals surface area (Å²) < 4.78 is 219. The molecule has 5 spiro atoms. The number of hydrogen-bond donors (Lipinski definition) is 3. The summed E-state index contributed by atoms with van der Waals surface area (Å²) in [5.74, 6) is -14.2. The van der Waals surface area contributed by atoms with Gasteiger partial charge in [0.25, 0.3) is 0 Å². The van der Waals surface area contributed by atoms with Gasteiger partial charge in [0.05, 0.1) is 98.0 Å². The minimum atomic E-state index is -1.02. The number of carboxylic acid groups (broad SMARTS) is 1. The maximum atomic E-state index is 14.6. The van der Waals surface area contributed by atoms with Gasteiger partial charge in [0.15, 0.2) is 28.9 Å². The number of aliphatic carboxylic acids is 1. The Labute approximate surface area is 771 Å². The van der Waals surface area contributed by atoms with Crippen molar-refractivity contribution in [2.75, 3.05) is 87.4 Å². The first kappa shape index (κ1) is 95.5. The Morgan fingerprint density at radius 3 is 0.824 bits per heavy atom. The minimum Gasteiger partial charge on any atom is -0.857 e. The number of ether oxygens (including phenoxy) is 14. The van der Waals surface area contributed by atoms with Crippen molar-refractivity contribution in [2.45, 2.75) is 148 Å². The van der Waals surface area contributed by atoms with Gasteiger partial charge in [-0.25, -0.2) is 53.5 Å². The standard InChI is InChI=1S/2C23H23F2NO4.2C17H18F2O4.C16H16F2O4.CH3O.Na/c2*24-15-6-7-19(25)17(10-15)21-16-11-18(16)23(29-8-9-30-23)12-20(21)26-22(27)28-13-14-4-2-1-3-5-14;2*1-21-16(20)12-8-17(22-4-5-23-17)13-7-10(13)15(12)11-6-9(18)2-3-14(11)19;17-8-1-2-13(18)10(5-8)14-9-6-12(9)16(21-3-4-22-16)7-11(14)15(19)20;1-2;/h2*1-7,10,16,18,20-21H,8-9,11-13H2,(H,26,27);2*2-3,6,10,12-13,15H,4-5,7-8H2,1H3;1-2,5,9,11-12,14H,3-4,6-7H2,(H,19,20);1H3;/q;;;;;-1;+1/t16-,18+,20+,21-;16-,18+,20-,21+;10?,12-,13?,15+;;9?,11-,12?,14+;;/m100.0../s1. The summed E-state index contributed by atoms with van der Waals surface area (Å²) in [6.07, 6.45) is 4.25. The van der Waals surface area contributed by atoms with Gasteiger partial charge < -0.3 is 87.2 Å². The number of benzene rings is 7. The van der Waals surface area contributed by atoms with E-state index in [1.54, 1.807) is 0 Å². The summed E-state index contributed by atoms with van der Waals surface area (Å²) in [5.41, 5.74) is 2.96. The number of hydrogen-bond acceptors (Lipinski definition) is 20. The zero-order chi connectivity index (χ0) is 91.3. The van der Waals surface area contributed by atoms with Crippen molar-refractivity contribution in [2.24, 2.45) is 76.9 Å². The molecule has 131 heavy (non-hydrogen) atoms. The maximum absolute atomic E-state index is 14.6. The van der Waals surface area contributed by atoms with Crippen molar-refractivity contribution >= 4 is 30.1 Å². The van der Waals surface area contributed by atoms with Gasteiger partial charge in [-0.15, -0.1) is 0 Å². The number of rotatable bonds is 14. The Morgan fingerprint density at radius 1 is 0.344 bits per heavy atom. The number of fused-ring (bicyclic) bond motifs is 10. The molecular formula is C97H101F10N2NaO21. The van der Waals surface area contributed by atoms with E-state index < -0.39 is 165 Å². The molecule has 8 unspecified atom stereocenters. The van der Waals surface area contributed by atoms with Crippen molar-refractivity contribution in [3.05, 3.63) is 249 Å². The first-order chi connectivity index (χ1) is 62.7. The van der Waals surface area contributed by atoms with Crippen LogP contribution >= 0.6 is 0 Å². The molecular weight excluding hydrogens is 1740 g/mol. The van der Waals surface area contributed by atoms with E-state index in [-0.39, 0.29) is 148 Å². The van der Waals surface area contributed by atoms with Crippen LogP contribution in [0.15, 0.2) is 152 Å². The topological polar surface area (TPSA) is 282 Å². The molecule has 23 nitrogen and oxygen atoms in total. The molecule has 15 aliphatic rings. The van der Waals surface area contributed by atoms with Crippen LogP contribution in [-0.4, -0.2) is 164 Å². The molecule has 10 saturated carbocycles. The molecule has 3 N–H and O–H groups in total. The molecule has 15 fully saturated rings. The quantitative estimate of drug-likeness (QED) is 0.0395. The molecule has 2 amide bonds. The molecule has 5 aliphatic heterocycles. The monoisotopic (exact) mass is 1840 g/mol. The second-order valence-corrected chi connectivity index (χ2v) is 35.9. The molecule has 22 rings (SSSR count). The van der Waals surface area contributed by atoms with Crippen molar-refractivity contribution < 1.29 is 174 Å². The summed E-state index contributed by atoms with van der Waals surface area (Å²) in [5, 5.41) is 23.6. The molecule has 20 atom stereocenters. The second-order valence-electron chi connectivity index (χ2n) is 35.9. The van der Waals surface area contributed by atoms with Crippen molar-refractivity contribution in [3.63, 3.8) is 0 Å². The van der Waals surface area contributed by atoms with E-state index in [1.165, 1.54) is 38.5 Å². The fourth-order valence-corrected chi connectivity index (χ4v) is 23.2. The minimum absolute atomic E-state index is 0. The third kappa shape index (κ3) is 19.7. The number of methoxy groups -OCH3 is 2. The van der Waals surface area contributed by atoms with Crippen molar-refractivity contribution in [3.8, 4) is 0 Å². The maximum Gasteiger partial charge on any atom is 1.00 e. The van der Waals surface area contributed by atoms with Crippen LogP contribution in [0.1, 0.15) is 133 Å². The zero-order valence-corrected chi connectivity index (χ0v) is 74.4. The average Bonchev–Trinajstić information content (AvgIpc) is 1.57. The van der Waals surface area contributed by atoms with E-state index in [0.29, 0.717) is 91.8 Å². The molecule has 10 aliphatic carbocycles. The molecule has 7 aromatic rings. The van der Waals surface area contributed by atoms with Crippen LogP contribution in [0.4, 0.5) is 53.5 Å². The Balaban J connectivity index is 0.000000120. The van der Waals surface area contributed by atoms with Crippen molar-refractivity contribution in [1.82, 2.24) is 10.6 Å². The number of carbonyl (C=O) groups excluding carboxylic acids is 4. The van der Waals surface area contributed by atoms with Crippen LogP contribution < -0.4 is 45.3 Å². The molecule has 0 radical (unpaired) electrons. The summed E-state index contributed by atoms with van der Waals surface area (Å²) >= 11 is 0. The van der Waals surface area contributed by atoms with Gasteiger partial charge in [0.1, 0.15) is 71.4 Å². The van der Waals surface area contributed by atoms with Gasteiger partial charge in [0, 0.05) is 103 Å². The Hall–Kier alpha value is -8.65. The summed E-state index contributed by atoms with van der Waals surface area (Å²) in [6, 6.07) is 34.7. The summed E-state index contributed by atoms with van der Waals surface area (Å²) in [6.45, 7) is 5.12. The number of alkyl carbamates (subject to hydrolysis) is 2. The van der Waals surface area contributed by atoms with E-state index in [4.69, 9.17) is 71.4 Å². The van der Waals surface area contributed by atoms with E-state index in [0.717, 1.165) is 117 Å². The molecule has 34 heteroatoms. The third-order valence-electron chi connectivity index (χ3n) is 28.8. The van der Waals surface area contributed by atoms with Gasteiger partial charge in [-0.3, -0.25) is 14.4 Å². The molecule has 0 aromatic heterocycles. The normalized spacial score (nSPS) is 31.2. The SMILES string of the molecule is COC(=O)C1CC2(OCCO2)C2CC2C1c1cc(F)ccc1F.COC(=O)[C@H]1CC2(OCCO2)C2CC2[C@@H]1c1cc(F)ccc1F.C[O-].O=C(N[C@H]1CC2(OCCO2)[C@@H]2C[C@@H]2[C@@H]1c1cc(F)ccc1F)OCc1ccccc1.O=C(N[C@H]1CC2(OCCO2)[C@H]2C[C@H]2[C@@H]1c1cc(F)ccc1F)OCc1ccccc1.O=C(O)[C@H]1CC2(OCCO2)C2CC2[C@@H]1c1cc(F)ccc1F.[Na+]. The van der Waals surface area contributed by atoms with E-state index in [1.807, 2.05) is 60.7 Å². The van der Waals surface area contributed by atoms with Gasteiger partial charge >= 0.3 is 59.7 Å². The molecule has 5 saturated heterocycles. The Kier molecular flexibility index (Phi) is 29.0. The predicted molar refractivity (Wildman–Crippen MR) is 435 cm³/mol. The average molecular weight is 1840 g/mol. The van der Waals surface area contributed by atoms with Crippen LogP contribution in [0.25, 0.3) is 0 Å². The van der Waals surface area contributed by atoms with Gasteiger partial charge in [0.2, 0.25) is 0 Å². The fraction of sp³-hybridized carbons (Fsp3) is 0.515. The van der Waals surface area contributed by atoms with Gasteiger partial charge in [-0.1, -0.05) is 60.7 Å². The second kappa shape index (κ2) is 39.7. The molecule has 696 valence electrons. The van der Waals surface area contributed by atoms with Crippen LogP contribution in [0.3, 0.4) is 0 Å².